The van der Waals surface area contributed by atoms with Crippen LogP contribution in [0.3, 0.4) is 0 Å². The standard InChI is InChI=1S/C14H18N2O2S/c1-9-5-4-6-16-13(18)7-12(15-14(9)16)8-19-11(3)10(2)17/h4-7,10-11,17H,8H2,1-3H3. The summed E-state index contributed by atoms with van der Waals surface area (Å²) >= 11 is 1.60. The zero-order valence-electron chi connectivity index (χ0n) is 11.3. The quantitative estimate of drug-likeness (QED) is 0.929. The van der Waals surface area contributed by atoms with Crippen molar-refractivity contribution >= 4 is 17.4 Å². The Morgan fingerprint density at radius 1 is 1.47 bits per heavy atom. The minimum absolute atomic E-state index is 0.0611. The third kappa shape index (κ3) is 3.16. The average molecular weight is 278 g/mol. The zero-order chi connectivity index (χ0) is 14.0. The molecule has 0 spiro atoms. The van der Waals surface area contributed by atoms with Crippen molar-refractivity contribution in [2.75, 3.05) is 0 Å². The van der Waals surface area contributed by atoms with Crippen LogP contribution in [-0.2, 0) is 5.75 Å². The van der Waals surface area contributed by atoms with Crippen molar-refractivity contribution in [3.8, 4) is 0 Å². The second-order valence-corrected chi connectivity index (χ2v) is 6.09. The Labute approximate surface area is 116 Å². The largest absolute Gasteiger partial charge is 0.392 e. The first-order chi connectivity index (χ1) is 8.99. The summed E-state index contributed by atoms with van der Waals surface area (Å²) in [7, 11) is 0. The van der Waals surface area contributed by atoms with Crippen molar-refractivity contribution in [3.63, 3.8) is 0 Å². The van der Waals surface area contributed by atoms with Gasteiger partial charge >= 0.3 is 0 Å². The molecule has 2 heterocycles. The Morgan fingerprint density at radius 3 is 2.89 bits per heavy atom. The fraction of sp³-hybridized carbons (Fsp3) is 0.429. The van der Waals surface area contributed by atoms with E-state index in [1.54, 1.807) is 35.3 Å². The highest BCUT2D eigenvalue weighted by atomic mass is 32.2. The van der Waals surface area contributed by atoms with Crippen molar-refractivity contribution in [2.24, 2.45) is 0 Å². The van der Waals surface area contributed by atoms with Gasteiger partial charge in [0, 0.05) is 23.3 Å². The zero-order valence-corrected chi connectivity index (χ0v) is 12.1. The Morgan fingerprint density at radius 2 is 2.21 bits per heavy atom. The molecule has 2 atom stereocenters. The number of rotatable bonds is 4. The van der Waals surface area contributed by atoms with Crippen LogP contribution in [0.15, 0.2) is 29.2 Å². The van der Waals surface area contributed by atoms with Gasteiger partial charge in [-0.05, 0) is 25.5 Å². The monoisotopic (exact) mass is 278 g/mol. The van der Waals surface area contributed by atoms with E-state index in [2.05, 4.69) is 4.98 Å². The van der Waals surface area contributed by atoms with E-state index < -0.39 is 0 Å². The molecule has 0 saturated carbocycles. The van der Waals surface area contributed by atoms with Crippen molar-refractivity contribution < 1.29 is 5.11 Å². The highest BCUT2D eigenvalue weighted by Gasteiger charge is 2.11. The van der Waals surface area contributed by atoms with Crippen LogP contribution in [-0.4, -0.2) is 25.8 Å². The van der Waals surface area contributed by atoms with Crippen LogP contribution in [0, 0.1) is 6.92 Å². The third-order valence-electron chi connectivity index (χ3n) is 3.11. The van der Waals surface area contributed by atoms with Crippen LogP contribution in [0.2, 0.25) is 0 Å². The van der Waals surface area contributed by atoms with Crippen LogP contribution < -0.4 is 5.56 Å². The molecule has 1 N–H and O–H groups in total. The second-order valence-electron chi connectivity index (χ2n) is 4.73. The van der Waals surface area contributed by atoms with Crippen molar-refractivity contribution in [2.45, 2.75) is 37.9 Å². The lowest BCUT2D eigenvalue weighted by molar-refractivity contribution is 0.196. The van der Waals surface area contributed by atoms with Gasteiger partial charge in [-0.15, -0.1) is 11.8 Å². The molecule has 0 radical (unpaired) electrons. The van der Waals surface area contributed by atoms with E-state index >= 15 is 0 Å². The lowest BCUT2D eigenvalue weighted by Gasteiger charge is -2.13. The molecule has 102 valence electrons. The SMILES string of the molecule is Cc1cccn2c(=O)cc(CSC(C)C(C)O)nc12. The van der Waals surface area contributed by atoms with Crippen LogP contribution in [0.25, 0.3) is 5.65 Å². The number of aliphatic hydroxyl groups excluding tert-OH is 1. The van der Waals surface area contributed by atoms with Gasteiger partial charge in [-0.3, -0.25) is 9.20 Å². The highest BCUT2D eigenvalue weighted by Crippen LogP contribution is 2.19. The summed E-state index contributed by atoms with van der Waals surface area (Å²) in [4.78, 5) is 16.5. The molecular weight excluding hydrogens is 260 g/mol. The highest BCUT2D eigenvalue weighted by molar-refractivity contribution is 7.99. The molecule has 0 saturated heterocycles. The van der Waals surface area contributed by atoms with Gasteiger partial charge < -0.3 is 5.11 Å². The van der Waals surface area contributed by atoms with E-state index in [1.165, 1.54) is 0 Å². The summed E-state index contributed by atoms with van der Waals surface area (Å²) in [5.74, 6) is 0.631. The first-order valence-corrected chi connectivity index (χ1v) is 7.31. The summed E-state index contributed by atoms with van der Waals surface area (Å²) in [6.07, 6.45) is 1.36. The number of hydrogen-bond donors (Lipinski definition) is 1. The average Bonchev–Trinajstić information content (AvgIpc) is 2.37. The maximum Gasteiger partial charge on any atom is 0.258 e. The molecule has 0 fully saturated rings. The number of aliphatic hydroxyl groups is 1. The van der Waals surface area contributed by atoms with Crippen molar-refractivity contribution in [1.29, 1.82) is 0 Å². The molecule has 2 rings (SSSR count). The summed E-state index contributed by atoms with van der Waals surface area (Å²) < 4.78 is 1.56. The van der Waals surface area contributed by atoms with Gasteiger partial charge in [0.05, 0.1) is 11.8 Å². The molecule has 0 aliphatic carbocycles. The minimum atomic E-state index is -0.367. The van der Waals surface area contributed by atoms with Gasteiger partial charge in [-0.1, -0.05) is 13.0 Å². The molecule has 4 nitrogen and oxygen atoms in total. The Kier molecular flexibility index (Phi) is 4.27. The Hall–Kier alpha value is -1.33. The minimum Gasteiger partial charge on any atom is -0.392 e. The summed E-state index contributed by atoms with van der Waals surface area (Å²) in [5.41, 5.74) is 2.39. The number of aromatic nitrogens is 2. The topological polar surface area (TPSA) is 54.6 Å². The first kappa shape index (κ1) is 14.1. The lowest BCUT2D eigenvalue weighted by atomic mass is 10.3. The summed E-state index contributed by atoms with van der Waals surface area (Å²) in [6.45, 7) is 5.68. The normalized spacial score (nSPS) is 14.5. The fourth-order valence-corrected chi connectivity index (χ4v) is 2.60. The summed E-state index contributed by atoms with van der Waals surface area (Å²) in [5, 5.41) is 9.58. The van der Waals surface area contributed by atoms with Crippen LogP contribution in [0.5, 0.6) is 0 Å². The van der Waals surface area contributed by atoms with Gasteiger partial charge in [0.25, 0.3) is 5.56 Å². The molecule has 2 aromatic rings. The second kappa shape index (κ2) is 5.75. The molecule has 0 amide bonds. The predicted octanol–water partition coefficient (Wildman–Crippen LogP) is 2.01. The van der Waals surface area contributed by atoms with Crippen LogP contribution in [0.1, 0.15) is 25.1 Å². The van der Waals surface area contributed by atoms with E-state index in [0.29, 0.717) is 11.4 Å². The van der Waals surface area contributed by atoms with E-state index in [9.17, 15) is 9.90 Å². The fourth-order valence-electron chi connectivity index (χ4n) is 1.74. The van der Waals surface area contributed by atoms with Gasteiger partial charge in [-0.2, -0.15) is 0 Å². The number of aryl methyl sites for hydroxylation is 1. The van der Waals surface area contributed by atoms with Crippen LogP contribution in [0.4, 0.5) is 0 Å². The van der Waals surface area contributed by atoms with Gasteiger partial charge in [0.1, 0.15) is 5.65 Å². The first-order valence-electron chi connectivity index (χ1n) is 6.26. The molecule has 2 aromatic heterocycles. The molecule has 2 unspecified atom stereocenters. The number of fused-ring (bicyclic) bond motifs is 1. The molecule has 19 heavy (non-hydrogen) atoms. The smallest absolute Gasteiger partial charge is 0.258 e. The summed E-state index contributed by atoms with van der Waals surface area (Å²) in [6, 6.07) is 5.35. The predicted molar refractivity (Wildman–Crippen MR) is 78.6 cm³/mol. The molecule has 0 aliphatic rings. The molecule has 0 aliphatic heterocycles. The van der Waals surface area contributed by atoms with Gasteiger partial charge in [-0.25, -0.2) is 4.98 Å². The maximum absolute atomic E-state index is 12.0. The third-order valence-corrected chi connectivity index (χ3v) is 4.49. The molecule has 5 heteroatoms. The number of nitrogens with zero attached hydrogens (tertiary/aromatic N) is 2. The van der Waals surface area contributed by atoms with E-state index in [1.807, 2.05) is 26.0 Å². The Bertz CT molecular complexity index is 637. The van der Waals surface area contributed by atoms with E-state index in [0.717, 1.165) is 11.3 Å². The molecule has 0 bridgehead atoms. The number of pyridine rings is 1. The van der Waals surface area contributed by atoms with Gasteiger partial charge in [0.15, 0.2) is 0 Å². The lowest BCUT2D eigenvalue weighted by Crippen LogP contribution is -2.18. The Balaban J connectivity index is 2.31. The molecular formula is C14H18N2O2S. The van der Waals surface area contributed by atoms with Gasteiger partial charge in [0.2, 0.25) is 0 Å². The maximum atomic E-state index is 12.0. The number of hydrogen-bond acceptors (Lipinski definition) is 4. The molecule has 0 aromatic carbocycles. The van der Waals surface area contributed by atoms with E-state index in [4.69, 9.17) is 0 Å². The van der Waals surface area contributed by atoms with Crippen molar-refractivity contribution in [3.05, 3.63) is 46.0 Å². The van der Waals surface area contributed by atoms with Crippen LogP contribution >= 0.6 is 11.8 Å². The van der Waals surface area contributed by atoms with Crippen molar-refractivity contribution in [1.82, 2.24) is 9.38 Å². The number of thioether (sulfide) groups is 1. The van der Waals surface area contributed by atoms with E-state index in [-0.39, 0.29) is 16.9 Å².